The number of carbonyl (C=O) groups excluding carboxylic acids is 2. The van der Waals surface area contributed by atoms with Gasteiger partial charge in [-0.3, -0.25) is 9.78 Å². The van der Waals surface area contributed by atoms with Gasteiger partial charge < -0.3 is 15.0 Å². The van der Waals surface area contributed by atoms with Crippen LogP contribution in [0.2, 0.25) is 0 Å². The van der Waals surface area contributed by atoms with Gasteiger partial charge in [0.05, 0.1) is 12.1 Å². The Labute approximate surface area is 182 Å². The number of thiophene rings is 1. The largest absolute Gasteiger partial charge is 0.416 e. The van der Waals surface area contributed by atoms with Crippen LogP contribution in [-0.2, 0) is 17.8 Å². The number of carbonyl (C=O) groups is 2. The Morgan fingerprint density at radius 3 is 2.90 bits per heavy atom. The van der Waals surface area contributed by atoms with Crippen LogP contribution in [0.15, 0.2) is 55.0 Å². The molecule has 1 aliphatic heterocycles. The quantitative estimate of drug-likeness (QED) is 0.632. The van der Waals surface area contributed by atoms with Crippen molar-refractivity contribution < 1.29 is 14.3 Å². The van der Waals surface area contributed by atoms with Crippen molar-refractivity contribution in [3.05, 3.63) is 76.6 Å². The number of hydrogen-bond acceptors (Lipinski definition) is 7. The summed E-state index contributed by atoms with van der Waals surface area (Å²) >= 11 is 1.30. The maximum atomic E-state index is 12.5. The second-order valence-corrected chi connectivity index (χ2v) is 7.74. The standard InChI is InChI=1S/C22H17N5O3S/c23-12-17-16-8-11-27(22(29)30-20-5-1-2-10-25-20)14-18(16)31-21(17)26-19(28)7-6-15-4-3-9-24-13-15/h1-7,9-10,13H,8,11,14H2,(H,26,28). The van der Waals surface area contributed by atoms with Gasteiger partial charge in [-0.1, -0.05) is 12.1 Å². The third-order valence-electron chi connectivity index (χ3n) is 4.60. The van der Waals surface area contributed by atoms with E-state index in [0.717, 1.165) is 16.0 Å². The Balaban J connectivity index is 1.45. The minimum absolute atomic E-state index is 0.232. The number of nitrogens with one attached hydrogen (secondary N) is 1. The molecule has 0 unspecified atom stereocenters. The van der Waals surface area contributed by atoms with Crippen molar-refractivity contribution in [2.75, 3.05) is 11.9 Å². The fourth-order valence-corrected chi connectivity index (χ4v) is 4.34. The molecule has 0 aliphatic carbocycles. The third-order valence-corrected chi connectivity index (χ3v) is 5.74. The van der Waals surface area contributed by atoms with E-state index in [1.54, 1.807) is 53.8 Å². The number of nitrogens with zero attached hydrogens (tertiary/aromatic N) is 4. The van der Waals surface area contributed by atoms with E-state index < -0.39 is 6.09 Å². The average molecular weight is 431 g/mol. The molecule has 0 saturated carbocycles. The molecule has 9 heteroatoms. The van der Waals surface area contributed by atoms with E-state index in [9.17, 15) is 14.9 Å². The summed E-state index contributed by atoms with van der Waals surface area (Å²) in [6.45, 7) is 0.722. The Morgan fingerprint density at radius 1 is 1.26 bits per heavy atom. The summed E-state index contributed by atoms with van der Waals surface area (Å²) in [6, 6.07) is 10.9. The number of pyridine rings is 2. The molecule has 0 aromatic carbocycles. The lowest BCUT2D eigenvalue weighted by atomic mass is 10.0. The summed E-state index contributed by atoms with van der Waals surface area (Å²) in [5, 5.41) is 12.9. The summed E-state index contributed by atoms with van der Waals surface area (Å²) < 4.78 is 5.30. The molecule has 0 radical (unpaired) electrons. The van der Waals surface area contributed by atoms with Gasteiger partial charge in [0.15, 0.2) is 0 Å². The van der Waals surface area contributed by atoms with Crippen molar-refractivity contribution in [3.8, 4) is 11.9 Å². The SMILES string of the molecule is N#Cc1c(NC(=O)C=Cc2cccnc2)sc2c1CCN(C(=O)Oc1ccccn1)C2. The van der Waals surface area contributed by atoms with Crippen LogP contribution in [0.5, 0.6) is 5.88 Å². The molecule has 2 amide bonds. The van der Waals surface area contributed by atoms with E-state index in [0.29, 0.717) is 30.1 Å². The highest BCUT2D eigenvalue weighted by Crippen LogP contribution is 2.36. The van der Waals surface area contributed by atoms with E-state index in [1.807, 2.05) is 6.07 Å². The highest BCUT2D eigenvalue weighted by atomic mass is 32.1. The van der Waals surface area contributed by atoms with E-state index >= 15 is 0 Å². The maximum Gasteiger partial charge on any atom is 0.416 e. The van der Waals surface area contributed by atoms with Crippen molar-refractivity contribution in [1.29, 1.82) is 5.26 Å². The van der Waals surface area contributed by atoms with Crippen LogP contribution in [0, 0.1) is 11.3 Å². The predicted octanol–water partition coefficient (Wildman–Crippen LogP) is 3.62. The van der Waals surface area contributed by atoms with Crippen molar-refractivity contribution in [2.24, 2.45) is 0 Å². The molecule has 4 heterocycles. The first-order chi connectivity index (χ1) is 15.1. The number of anilines is 1. The summed E-state index contributed by atoms with van der Waals surface area (Å²) in [7, 11) is 0. The Hall–Kier alpha value is -4.03. The molecular formula is C22H17N5O3S. The van der Waals surface area contributed by atoms with Crippen LogP contribution < -0.4 is 10.1 Å². The molecular weight excluding hydrogens is 414 g/mol. The van der Waals surface area contributed by atoms with Gasteiger partial charge in [0.25, 0.3) is 0 Å². The van der Waals surface area contributed by atoms with Crippen LogP contribution in [0.4, 0.5) is 9.80 Å². The number of amides is 2. The normalized spacial score (nSPS) is 12.8. The van der Waals surface area contributed by atoms with Crippen molar-refractivity contribution in [2.45, 2.75) is 13.0 Å². The molecule has 8 nitrogen and oxygen atoms in total. The lowest BCUT2D eigenvalue weighted by Gasteiger charge is -2.25. The van der Waals surface area contributed by atoms with Gasteiger partial charge in [0, 0.05) is 42.2 Å². The molecule has 4 rings (SSSR count). The number of ether oxygens (including phenoxy) is 1. The molecule has 1 aliphatic rings. The molecule has 31 heavy (non-hydrogen) atoms. The number of fused-ring (bicyclic) bond motifs is 1. The monoisotopic (exact) mass is 431 g/mol. The fourth-order valence-electron chi connectivity index (χ4n) is 3.13. The van der Waals surface area contributed by atoms with Gasteiger partial charge in [-0.25, -0.2) is 9.78 Å². The van der Waals surface area contributed by atoms with Gasteiger partial charge >= 0.3 is 6.09 Å². The first-order valence-corrected chi connectivity index (χ1v) is 10.3. The summed E-state index contributed by atoms with van der Waals surface area (Å²) in [6.07, 6.45) is 7.90. The van der Waals surface area contributed by atoms with E-state index in [2.05, 4.69) is 21.4 Å². The number of aromatic nitrogens is 2. The van der Waals surface area contributed by atoms with Gasteiger partial charge in [0.1, 0.15) is 11.1 Å². The van der Waals surface area contributed by atoms with Crippen LogP contribution in [-0.4, -0.2) is 33.4 Å². The Kier molecular flexibility index (Phi) is 6.01. The summed E-state index contributed by atoms with van der Waals surface area (Å²) in [5.41, 5.74) is 2.10. The third kappa shape index (κ3) is 4.76. The average Bonchev–Trinajstić information content (AvgIpc) is 3.15. The molecule has 1 N–H and O–H groups in total. The van der Waals surface area contributed by atoms with Crippen LogP contribution >= 0.6 is 11.3 Å². The van der Waals surface area contributed by atoms with E-state index in [4.69, 9.17) is 4.74 Å². The molecule has 3 aromatic heterocycles. The number of hydrogen-bond donors (Lipinski definition) is 1. The molecule has 0 atom stereocenters. The van der Waals surface area contributed by atoms with Gasteiger partial charge in [-0.05, 0) is 35.8 Å². The Morgan fingerprint density at radius 2 is 2.16 bits per heavy atom. The molecule has 0 spiro atoms. The highest BCUT2D eigenvalue weighted by Gasteiger charge is 2.28. The minimum Gasteiger partial charge on any atom is -0.391 e. The highest BCUT2D eigenvalue weighted by molar-refractivity contribution is 7.16. The summed E-state index contributed by atoms with van der Waals surface area (Å²) in [4.78, 5) is 35.2. The zero-order valence-corrected chi connectivity index (χ0v) is 17.1. The number of rotatable bonds is 4. The zero-order chi connectivity index (χ0) is 21.6. The van der Waals surface area contributed by atoms with Crippen LogP contribution in [0.1, 0.15) is 21.6 Å². The smallest absolute Gasteiger partial charge is 0.391 e. The maximum absolute atomic E-state index is 12.5. The van der Waals surface area contributed by atoms with Crippen molar-refractivity contribution in [1.82, 2.24) is 14.9 Å². The summed E-state index contributed by atoms with van der Waals surface area (Å²) in [5.74, 6) is -0.110. The van der Waals surface area contributed by atoms with Crippen LogP contribution in [0.3, 0.4) is 0 Å². The zero-order valence-electron chi connectivity index (χ0n) is 16.3. The topological polar surface area (TPSA) is 108 Å². The van der Waals surface area contributed by atoms with E-state index in [-0.39, 0.29) is 11.8 Å². The molecule has 0 saturated heterocycles. The molecule has 0 fully saturated rings. The minimum atomic E-state index is -0.499. The van der Waals surface area contributed by atoms with Crippen molar-refractivity contribution >= 4 is 34.4 Å². The molecule has 0 bridgehead atoms. The van der Waals surface area contributed by atoms with Gasteiger partial charge in [-0.15, -0.1) is 11.3 Å². The lowest BCUT2D eigenvalue weighted by molar-refractivity contribution is -0.111. The fraction of sp³-hybridized carbons (Fsp3) is 0.136. The molecule has 3 aromatic rings. The number of nitriles is 1. The first kappa shape index (κ1) is 20.3. The first-order valence-electron chi connectivity index (χ1n) is 9.45. The van der Waals surface area contributed by atoms with Crippen molar-refractivity contribution in [3.63, 3.8) is 0 Å². The van der Waals surface area contributed by atoms with E-state index in [1.165, 1.54) is 17.4 Å². The predicted molar refractivity (Wildman–Crippen MR) is 115 cm³/mol. The second-order valence-electron chi connectivity index (χ2n) is 6.64. The second kappa shape index (κ2) is 9.19. The van der Waals surface area contributed by atoms with Crippen LogP contribution in [0.25, 0.3) is 6.08 Å². The molecule has 154 valence electrons. The van der Waals surface area contributed by atoms with Gasteiger partial charge in [-0.2, -0.15) is 5.26 Å². The lowest BCUT2D eigenvalue weighted by Crippen LogP contribution is -2.37. The van der Waals surface area contributed by atoms with Gasteiger partial charge in [0.2, 0.25) is 11.8 Å². The Bertz CT molecular complexity index is 1170.